The van der Waals surface area contributed by atoms with Crippen LogP contribution in [0.25, 0.3) is 0 Å². The first-order chi connectivity index (χ1) is 8.70. The van der Waals surface area contributed by atoms with Gasteiger partial charge in [-0.1, -0.05) is 12.1 Å². The first-order valence-corrected chi connectivity index (χ1v) is 5.88. The molecule has 1 aliphatic rings. The third kappa shape index (κ3) is 2.80. The summed E-state index contributed by atoms with van der Waals surface area (Å²) < 4.78 is 5.40. The molecule has 2 rings (SSSR count). The monoisotopic (exact) mass is 249 g/mol. The molecule has 0 fully saturated rings. The first-order valence-electron chi connectivity index (χ1n) is 5.88. The average molecular weight is 249 g/mol. The van der Waals surface area contributed by atoms with Gasteiger partial charge in [0.25, 0.3) is 0 Å². The molecule has 1 aromatic rings. The van der Waals surface area contributed by atoms with Crippen molar-refractivity contribution in [3.63, 3.8) is 0 Å². The topological polar surface area (TPSA) is 75.6 Å². The summed E-state index contributed by atoms with van der Waals surface area (Å²) in [5.74, 6) is -0.0915. The molecule has 0 saturated heterocycles. The van der Waals surface area contributed by atoms with E-state index in [4.69, 9.17) is 9.84 Å². The molecule has 96 valence electrons. The number of aliphatic carboxylic acids is 1. The highest BCUT2D eigenvalue weighted by Crippen LogP contribution is 2.26. The summed E-state index contributed by atoms with van der Waals surface area (Å²) in [6, 6.07) is 5.07. The van der Waals surface area contributed by atoms with Gasteiger partial charge in [0.1, 0.15) is 11.8 Å². The molecule has 0 aliphatic carbocycles. The molecule has 5 heteroatoms. The Bertz CT molecular complexity index is 458. The van der Waals surface area contributed by atoms with Gasteiger partial charge in [0.2, 0.25) is 6.41 Å². The zero-order valence-electron chi connectivity index (χ0n) is 9.89. The second-order valence-electron chi connectivity index (χ2n) is 4.25. The highest BCUT2D eigenvalue weighted by atomic mass is 16.5. The highest BCUT2D eigenvalue weighted by molar-refractivity contribution is 5.76. The maximum absolute atomic E-state index is 10.9. The second-order valence-corrected chi connectivity index (χ2v) is 4.25. The molecule has 0 saturated carbocycles. The van der Waals surface area contributed by atoms with Crippen molar-refractivity contribution in [2.24, 2.45) is 0 Å². The van der Waals surface area contributed by atoms with Gasteiger partial charge >= 0.3 is 5.97 Å². The summed E-state index contributed by atoms with van der Waals surface area (Å²) in [6.07, 6.45) is 2.33. The molecule has 0 radical (unpaired) electrons. The molecule has 18 heavy (non-hydrogen) atoms. The average Bonchev–Trinajstić information content (AvgIpc) is 2.81. The van der Waals surface area contributed by atoms with Gasteiger partial charge < -0.3 is 15.2 Å². The van der Waals surface area contributed by atoms with E-state index in [0.29, 0.717) is 25.9 Å². The predicted molar refractivity (Wildman–Crippen MR) is 64.6 cm³/mol. The van der Waals surface area contributed by atoms with Gasteiger partial charge in [0.05, 0.1) is 6.61 Å². The van der Waals surface area contributed by atoms with Crippen molar-refractivity contribution in [1.29, 1.82) is 0 Å². The van der Waals surface area contributed by atoms with Crippen molar-refractivity contribution in [3.8, 4) is 5.75 Å². The fourth-order valence-electron chi connectivity index (χ4n) is 2.07. The number of ether oxygens (including phenoxy) is 1. The first kappa shape index (κ1) is 12.4. The molecule has 1 heterocycles. The van der Waals surface area contributed by atoms with Crippen LogP contribution in [0.15, 0.2) is 18.2 Å². The van der Waals surface area contributed by atoms with Crippen LogP contribution in [-0.2, 0) is 22.4 Å². The van der Waals surface area contributed by atoms with Crippen LogP contribution in [-0.4, -0.2) is 30.1 Å². The SMILES string of the molecule is O=CNC(CCc1ccc2c(c1)CCO2)C(=O)O. The summed E-state index contributed by atoms with van der Waals surface area (Å²) in [4.78, 5) is 21.1. The van der Waals surface area contributed by atoms with E-state index in [0.717, 1.165) is 17.7 Å². The van der Waals surface area contributed by atoms with Gasteiger partial charge in [0.15, 0.2) is 0 Å². The molecule has 0 aromatic heterocycles. The number of carbonyl (C=O) groups excluding carboxylic acids is 1. The van der Waals surface area contributed by atoms with Crippen LogP contribution < -0.4 is 10.1 Å². The molecule has 1 amide bonds. The number of hydrogen-bond donors (Lipinski definition) is 2. The van der Waals surface area contributed by atoms with Crippen LogP contribution in [0.3, 0.4) is 0 Å². The fourth-order valence-corrected chi connectivity index (χ4v) is 2.07. The van der Waals surface area contributed by atoms with E-state index in [1.807, 2.05) is 18.2 Å². The lowest BCUT2D eigenvalue weighted by atomic mass is 10.0. The minimum absolute atomic E-state index is 0.383. The molecule has 1 aliphatic heterocycles. The molecule has 0 spiro atoms. The number of fused-ring (bicyclic) bond motifs is 1. The molecule has 5 nitrogen and oxygen atoms in total. The lowest BCUT2D eigenvalue weighted by Gasteiger charge is -2.11. The summed E-state index contributed by atoms with van der Waals surface area (Å²) >= 11 is 0. The normalized spacial score (nSPS) is 14.4. The maximum atomic E-state index is 10.9. The third-order valence-electron chi connectivity index (χ3n) is 3.04. The summed E-state index contributed by atoms with van der Waals surface area (Å²) in [6.45, 7) is 0.712. The summed E-state index contributed by atoms with van der Waals surface area (Å²) in [5.41, 5.74) is 2.24. The maximum Gasteiger partial charge on any atom is 0.326 e. The second kappa shape index (κ2) is 5.53. The Balaban J connectivity index is 1.97. The number of carbonyl (C=O) groups is 2. The number of aryl methyl sites for hydroxylation is 1. The number of carboxylic acid groups (broad SMARTS) is 1. The number of carboxylic acids is 1. The number of nitrogens with one attached hydrogen (secondary N) is 1. The van der Waals surface area contributed by atoms with Crippen molar-refractivity contribution in [2.75, 3.05) is 6.61 Å². The van der Waals surface area contributed by atoms with E-state index in [2.05, 4.69) is 5.32 Å². The van der Waals surface area contributed by atoms with Gasteiger partial charge in [-0.2, -0.15) is 0 Å². The molecule has 2 N–H and O–H groups in total. The summed E-state index contributed by atoms with van der Waals surface area (Å²) in [7, 11) is 0. The molecule has 1 atom stereocenters. The quantitative estimate of drug-likeness (QED) is 0.730. The smallest absolute Gasteiger partial charge is 0.326 e. The Kier molecular flexibility index (Phi) is 3.82. The minimum atomic E-state index is -1.01. The van der Waals surface area contributed by atoms with Crippen LogP contribution in [0.1, 0.15) is 17.5 Å². The van der Waals surface area contributed by atoms with E-state index in [1.54, 1.807) is 0 Å². The van der Waals surface area contributed by atoms with Crippen molar-refractivity contribution < 1.29 is 19.4 Å². The van der Waals surface area contributed by atoms with Crippen LogP contribution in [0, 0.1) is 0 Å². The van der Waals surface area contributed by atoms with Crippen LogP contribution in [0.2, 0.25) is 0 Å². The lowest BCUT2D eigenvalue weighted by molar-refractivity contribution is -0.140. The molecule has 1 unspecified atom stereocenters. The number of amides is 1. The van der Waals surface area contributed by atoms with E-state index in [1.165, 1.54) is 5.56 Å². The van der Waals surface area contributed by atoms with Crippen LogP contribution in [0.5, 0.6) is 5.75 Å². The highest BCUT2D eigenvalue weighted by Gasteiger charge is 2.17. The minimum Gasteiger partial charge on any atom is -0.493 e. The number of rotatable bonds is 6. The van der Waals surface area contributed by atoms with Crippen molar-refractivity contribution in [3.05, 3.63) is 29.3 Å². The third-order valence-corrected chi connectivity index (χ3v) is 3.04. The molecule has 0 bridgehead atoms. The van der Waals surface area contributed by atoms with Crippen LogP contribution >= 0.6 is 0 Å². The Hall–Kier alpha value is -2.04. The Labute approximate surface area is 105 Å². The van der Waals surface area contributed by atoms with Crippen molar-refractivity contribution >= 4 is 12.4 Å². The van der Waals surface area contributed by atoms with Gasteiger partial charge in [-0.15, -0.1) is 0 Å². The standard InChI is InChI=1S/C13H15NO4/c15-8-14-11(13(16)17)3-1-9-2-4-12-10(7-9)5-6-18-12/h2,4,7-8,11H,1,3,5-6H2,(H,14,15)(H,16,17). The predicted octanol–water partition coefficient (Wildman–Crippen LogP) is 0.753. The fraction of sp³-hybridized carbons (Fsp3) is 0.385. The van der Waals surface area contributed by atoms with E-state index in [9.17, 15) is 9.59 Å². The number of benzene rings is 1. The number of hydrogen-bond acceptors (Lipinski definition) is 3. The Morgan fingerprint density at radius 1 is 1.56 bits per heavy atom. The zero-order chi connectivity index (χ0) is 13.0. The Morgan fingerprint density at radius 3 is 3.11 bits per heavy atom. The van der Waals surface area contributed by atoms with Gasteiger partial charge in [-0.25, -0.2) is 4.79 Å². The van der Waals surface area contributed by atoms with Crippen molar-refractivity contribution in [1.82, 2.24) is 5.32 Å². The van der Waals surface area contributed by atoms with E-state index >= 15 is 0 Å². The molecule has 1 aromatic carbocycles. The molecular weight excluding hydrogens is 234 g/mol. The van der Waals surface area contributed by atoms with Crippen LogP contribution in [0.4, 0.5) is 0 Å². The van der Waals surface area contributed by atoms with Gasteiger partial charge in [0, 0.05) is 6.42 Å². The lowest BCUT2D eigenvalue weighted by Crippen LogP contribution is -2.36. The van der Waals surface area contributed by atoms with Gasteiger partial charge in [-0.3, -0.25) is 4.79 Å². The van der Waals surface area contributed by atoms with E-state index < -0.39 is 12.0 Å². The Morgan fingerprint density at radius 2 is 2.39 bits per heavy atom. The largest absolute Gasteiger partial charge is 0.493 e. The summed E-state index contributed by atoms with van der Waals surface area (Å²) in [5, 5.41) is 11.2. The van der Waals surface area contributed by atoms with Crippen molar-refractivity contribution in [2.45, 2.75) is 25.3 Å². The van der Waals surface area contributed by atoms with Gasteiger partial charge in [-0.05, 0) is 30.0 Å². The van der Waals surface area contributed by atoms with E-state index in [-0.39, 0.29) is 0 Å². The molecular formula is C13H15NO4. The zero-order valence-corrected chi connectivity index (χ0v) is 9.89.